The molecular formula is C16H23NO. The molecule has 0 amide bonds. The summed E-state index contributed by atoms with van der Waals surface area (Å²) in [6.07, 6.45) is 5.82. The minimum absolute atomic E-state index is 0.145. The second-order valence-electron chi connectivity index (χ2n) is 6.45. The van der Waals surface area contributed by atoms with Crippen molar-refractivity contribution in [3.8, 4) is 5.75 Å². The van der Waals surface area contributed by atoms with E-state index < -0.39 is 0 Å². The Bertz CT molecular complexity index is 466. The Balaban J connectivity index is 2.11. The van der Waals surface area contributed by atoms with Crippen LogP contribution in [0.25, 0.3) is 0 Å². The first-order valence-corrected chi connectivity index (χ1v) is 7.09. The van der Waals surface area contributed by atoms with Gasteiger partial charge >= 0.3 is 0 Å². The lowest BCUT2D eigenvalue weighted by atomic mass is 9.60. The second-order valence-corrected chi connectivity index (χ2v) is 6.45. The van der Waals surface area contributed by atoms with E-state index in [0.29, 0.717) is 0 Å². The monoisotopic (exact) mass is 245 g/mol. The molecule has 2 N–H and O–H groups in total. The highest BCUT2D eigenvalue weighted by molar-refractivity contribution is 5.48. The maximum Gasteiger partial charge on any atom is 0.127 e. The van der Waals surface area contributed by atoms with Gasteiger partial charge in [-0.3, -0.25) is 0 Å². The van der Waals surface area contributed by atoms with Crippen molar-refractivity contribution in [1.82, 2.24) is 0 Å². The summed E-state index contributed by atoms with van der Waals surface area (Å²) in [7, 11) is 0. The molecule has 0 bridgehead atoms. The fourth-order valence-corrected chi connectivity index (χ4v) is 3.60. The third-order valence-corrected chi connectivity index (χ3v) is 5.03. The highest BCUT2D eigenvalue weighted by atomic mass is 16.5. The molecule has 0 radical (unpaired) electrons. The Morgan fingerprint density at radius 2 is 1.94 bits per heavy atom. The number of hydrogen-bond donors (Lipinski definition) is 1. The van der Waals surface area contributed by atoms with Crippen LogP contribution in [0.2, 0.25) is 0 Å². The van der Waals surface area contributed by atoms with Crippen LogP contribution >= 0.6 is 0 Å². The van der Waals surface area contributed by atoms with Gasteiger partial charge in [-0.1, -0.05) is 44.9 Å². The van der Waals surface area contributed by atoms with Crippen molar-refractivity contribution >= 4 is 0 Å². The molecule has 2 heteroatoms. The van der Waals surface area contributed by atoms with Crippen molar-refractivity contribution in [2.75, 3.05) is 6.61 Å². The van der Waals surface area contributed by atoms with Crippen LogP contribution in [0.4, 0.5) is 0 Å². The van der Waals surface area contributed by atoms with Crippen molar-refractivity contribution < 1.29 is 4.74 Å². The quantitative estimate of drug-likeness (QED) is 0.823. The van der Waals surface area contributed by atoms with E-state index in [1.54, 1.807) is 0 Å². The molecular weight excluding hydrogens is 222 g/mol. The standard InChI is InChI=1S/C16H23NO/c1-15(2)9-3-4-10-16(15,17)13-7-5-6-12-8-11-18-14(12)13/h5-7H,3-4,8-11,17H2,1-2H3. The normalized spacial score (nSPS) is 29.7. The van der Waals surface area contributed by atoms with Crippen LogP contribution in [0.1, 0.15) is 50.7 Å². The molecule has 1 aliphatic carbocycles. The lowest BCUT2D eigenvalue weighted by molar-refractivity contribution is 0.0950. The van der Waals surface area contributed by atoms with Gasteiger partial charge in [0.15, 0.2) is 0 Å². The summed E-state index contributed by atoms with van der Waals surface area (Å²) in [5, 5.41) is 0. The van der Waals surface area contributed by atoms with Crippen molar-refractivity contribution in [1.29, 1.82) is 0 Å². The second kappa shape index (κ2) is 3.99. The SMILES string of the molecule is CC1(C)CCCCC1(N)c1cccc2c1OCC2. The van der Waals surface area contributed by atoms with Crippen molar-refractivity contribution in [2.24, 2.45) is 11.1 Å². The molecule has 1 atom stereocenters. The number of ether oxygens (including phenoxy) is 1. The van der Waals surface area contributed by atoms with Crippen LogP contribution in [-0.4, -0.2) is 6.61 Å². The lowest BCUT2D eigenvalue weighted by Gasteiger charge is -2.48. The number of para-hydroxylation sites is 1. The van der Waals surface area contributed by atoms with Crippen molar-refractivity contribution in [2.45, 2.75) is 51.5 Å². The number of fused-ring (bicyclic) bond motifs is 1. The molecule has 1 aromatic carbocycles. The molecule has 2 nitrogen and oxygen atoms in total. The van der Waals surface area contributed by atoms with Gasteiger partial charge in [0.05, 0.1) is 6.61 Å². The first-order chi connectivity index (χ1) is 8.55. The topological polar surface area (TPSA) is 35.2 Å². The predicted octanol–water partition coefficient (Wildman–Crippen LogP) is 3.38. The molecule has 3 rings (SSSR count). The zero-order valence-electron chi connectivity index (χ0n) is 11.5. The number of nitrogens with two attached hydrogens (primary N) is 1. The van der Waals surface area contributed by atoms with Crippen LogP contribution in [0.3, 0.4) is 0 Å². The smallest absolute Gasteiger partial charge is 0.127 e. The number of rotatable bonds is 1. The Kier molecular flexibility index (Phi) is 2.67. The van der Waals surface area contributed by atoms with Crippen LogP contribution < -0.4 is 10.5 Å². The van der Waals surface area contributed by atoms with Gasteiger partial charge in [0.2, 0.25) is 0 Å². The molecule has 1 aromatic rings. The number of hydrogen-bond acceptors (Lipinski definition) is 2. The van der Waals surface area contributed by atoms with Gasteiger partial charge < -0.3 is 10.5 Å². The van der Waals surface area contributed by atoms with Crippen LogP contribution in [-0.2, 0) is 12.0 Å². The minimum Gasteiger partial charge on any atom is -0.493 e. The Morgan fingerprint density at radius 1 is 1.17 bits per heavy atom. The van der Waals surface area contributed by atoms with Gasteiger partial charge in [-0.25, -0.2) is 0 Å². The highest BCUT2D eigenvalue weighted by Crippen LogP contribution is 2.51. The van der Waals surface area contributed by atoms with Gasteiger partial charge in [-0.2, -0.15) is 0 Å². The molecule has 0 aromatic heterocycles. The van der Waals surface area contributed by atoms with E-state index in [-0.39, 0.29) is 11.0 Å². The van der Waals surface area contributed by atoms with E-state index in [4.69, 9.17) is 10.5 Å². The summed E-state index contributed by atoms with van der Waals surface area (Å²) in [6.45, 7) is 5.42. The van der Waals surface area contributed by atoms with E-state index in [2.05, 4.69) is 32.0 Å². The fourth-order valence-electron chi connectivity index (χ4n) is 3.60. The molecule has 98 valence electrons. The summed E-state index contributed by atoms with van der Waals surface area (Å²) < 4.78 is 5.86. The third kappa shape index (κ3) is 1.58. The maximum atomic E-state index is 6.85. The van der Waals surface area contributed by atoms with Crippen LogP contribution in [0.5, 0.6) is 5.75 Å². The van der Waals surface area contributed by atoms with E-state index in [1.165, 1.54) is 30.4 Å². The maximum absolute atomic E-state index is 6.85. The predicted molar refractivity (Wildman–Crippen MR) is 73.8 cm³/mol. The molecule has 0 spiro atoms. The zero-order chi connectivity index (χ0) is 12.8. The fraction of sp³-hybridized carbons (Fsp3) is 0.625. The molecule has 2 aliphatic rings. The summed E-state index contributed by atoms with van der Waals surface area (Å²) in [6, 6.07) is 6.49. The first-order valence-electron chi connectivity index (χ1n) is 7.09. The van der Waals surface area contributed by atoms with Crippen molar-refractivity contribution in [3.05, 3.63) is 29.3 Å². The highest BCUT2D eigenvalue weighted by Gasteiger charge is 2.46. The lowest BCUT2D eigenvalue weighted by Crippen LogP contribution is -2.51. The van der Waals surface area contributed by atoms with E-state index >= 15 is 0 Å². The molecule has 1 heterocycles. The average molecular weight is 245 g/mol. The first kappa shape index (κ1) is 12.0. The molecule has 1 aliphatic heterocycles. The van der Waals surface area contributed by atoms with E-state index in [0.717, 1.165) is 25.2 Å². The number of benzene rings is 1. The van der Waals surface area contributed by atoms with Crippen LogP contribution in [0.15, 0.2) is 18.2 Å². The summed E-state index contributed by atoms with van der Waals surface area (Å²) in [4.78, 5) is 0. The largest absolute Gasteiger partial charge is 0.493 e. The van der Waals surface area contributed by atoms with Gasteiger partial charge in [0.25, 0.3) is 0 Å². The van der Waals surface area contributed by atoms with Gasteiger partial charge in [0.1, 0.15) is 5.75 Å². The Labute approximate surface area is 110 Å². The van der Waals surface area contributed by atoms with E-state index in [9.17, 15) is 0 Å². The zero-order valence-corrected chi connectivity index (χ0v) is 11.5. The Hall–Kier alpha value is -1.02. The molecule has 1 fully saturated rings. The van der Waals surface area contributed by atoms with Crippen molar-refractivity contribution in [3.63, 3.8) is 0 Å². The van der Waals surface area contributed by atoms with E-state index in [1.807, 2.05) is 0 Å². The average Bonchev–Trinajstić information content (AvgIpc) is 2.80. The van der Waals surface area contributed by atoms with Crippen LogP contribution in [0, 0.1) is 5.41 Å². The molecule has 18 heavy (non-hydrogen) atoms. The molecule has 0 saturated heterocycles. The minimum atomic E-state index is -0.235. The van der Waals surface area contributed by atoms with Gasteiger partial charge in [-0.05, 0) is 23.8 Å². The molecule has 1 saturated carbocycles. The van der Waals surface area contributed by atoms with Gasteiger partial charge in [-0.15, -0.1) is 0 Å². The van der Waals surface area contributed by atoms with Gasteiger partial charge in [0, 0.05) is 17.5 Å². The summed E-state index contributed by atoms with van der Waals surface area (Å²) in [5.74, 6) is 1.08. The summed E-state index contributed by atoms with van der Waals surface area (Å²) in [5.41, 5.74) is 9.33. The summed E-state index contributed by atoms with van der Waals surface area (Å²) >= 11 is 0. The third-order valence-electron chi connectivity index (χ3n) is 5.03. The molecule has 1 unspecified atom stereocenters. The Morgan fingerprint density at radius 3 is 2.72 bits per heavy atom.